The van der Waals surface area contributed by atoms with Gasteiger partial charge in [0.1, 0.15) is 11.1 Å². The van der Waals surface area contributed by atoms with Gasteiger partial charge in [0.15, 0.2) is 4.77 Å². The van der Waals surface area contributed by atoms with Crippen molar-refractivity contribution in [3.05, 3.63) is 46.0 Å². The maximum absolute atomic E-state index is 12.6. The van der Waals surface area contributed by atoms with E-state index in [4.69, 9.17) is 12.2 Å². The van der Waals surface area contributed by atoms with E-state index in [2.05, 4.69) is 32.2 Å². The van der Waals surface area contributed by atoms with E-state index in [9.17, 15) is 4.79 Å². The Bertz CT molecular complexity index is 809. The number of carbonyl (C=O) groups excluding carboxylic acids is 1. The molecule has 1 aromatic heterocycles. The van der Waals surface area contributed by atoms with Gasteiger partial charge in [-0.3, -0.25) is 9.89 Å². The predicted octanol–water partition coefficient (Wildman–Crippen LogP) is 2.96. The molecule has 2 aliphatic rings. The fraction of sp³-hybridized carbons (Fsp3) is 0.471. The second-order valence-corrected chi connectivity index (χ2v) is 7.89. The van der Waals surface area contributed by atoms with Crippen molar-refractivity contribution in [3.63, 3.8) is 0 Å². The van der Waals surface area contributed by atoms with E-state index in [0.717, 1.165) is 23.6 Å². The lowest BCUT2D eigenvalue weighted by molar-refractivity contribution is -0.120. The number of nitrogens with one attached hydrogen (secondary N) is 2. The highest BCUT2D eigenvalue weighted by atomic mass is 32.2. The van der Waals surface area contributed by atoms with E-state index in [1.807, 2.05) is 12.1 Å². The van der Waals surface area contributed by atoms with Crippen molar-refractivity contribution in [2.24, 2.45) is 0 Å². The molecule has 1 atom stereocenters. The number of carbonyl (C=O) groups is 1. The summed E-state index contributed by atoms with van der Waals surface area (Å²) in [6.07, 6.45) is 4.08. The molecule has 7 heteroatoms. The minimum absolute atomic E-state index is 0.0965. The second-order valence-electron chi connectivity index (χ2n) is 6.29. The maximum Gasteiger partial charge on any atom is 0.237 e. The van der Waals surface area contributed by atoms with E-state index in [1.165, 1.54) is 18.4 Å². The van der Waals surface area contributed by atoms with Gasteiger partial charge in [-0.2, -0.15) is 5.10 Å². The number of aryl methyl sites for hydroxylation is 1. The minimum atomic E-state index is -0.0980. The van der Waals surface area contributed by atoms with Crippen molar-refractivity contribution < 1.29 is 4.79 Å². The lowest BCUT2D eigenvalue weighted by Gasteiger charge is -2.24. The molecule has 24 heavy (non-hydrogen) atoms. The average molecular weight is 361 g/mol. The zero-order valence-corrected chi connectivity index (χ0v) is 15.0. The van der Waals surface area contributed by atoms with Gasteiger partial charge in [-0.1, -0.05) is 24.3 Å². The minimum Gasteiger partial charge on any atom is -0.354 e. The van der Waals surface area contributed by atoms with Crippen molar-refractivity contribution in [1.29, 1.82) is 0 Å². The Labute approximate surface area is 150 Å². The van der Waals surface area contributed by atoms with Crippen LogP contribution in [0, 0.1) is 4.77 Å². The number of hydrogen-bond acceptors (Lipinski definition) is 4. The molecule has 4 rings (SSSR count). The van der Waals surface area contributed by atoms with Crippen LogP contribution in [0.2, 0.25) is 0 Å². The highest BCUT2D eigenvalue weighted by molar-refractivity contribution is 8.00. The van der Waals surface area contributed by atoms with E-state index < -0.39 is 0 Å². The van der Waals surface area contributed by atoms with Crippen LogP contribution in [0.1, 0.15) is 41.1 Å². The lowest BCUT2D eigenvalue weighted by Crippen LogP contribution is -2.32. The van der Waals surface area contributed by atoms with Crippen LogP contribution >= 0.6 is 24.0 Å². The van der Waals surface area contributed by atoms with Crippen LogP contribution in [0.3, 0.4) is 0 Å². The first-order chi connectivity index (χ1) is 11.7. The number of hydrogen-bond donors (Lipinski definition) is 2. The Morgan fingerprint density at radius 2 is 2.25 bits per heavy atom. The molecule has 1 aromatic carbocycles. The van der Waals surface area contributed by atoms with Crippen LogP contribution in [-0.4, -0.2) is 33.0 Å². The molecule has 2 N–H and O–H groups in total. The lowest BCUT2D eigenvalue weighted by atomic mass is 10.0. The number of H-pyrrole nitrogens is 1. The van der Waals surface area contributed by atoms with Crippen LogP contribution in [-0.2, 0) is 17.6 Å². The van der Waals surface area contributed by atoms with Crippen LogP contribution in [0.25, 0.3) is 0 Å². The molecule has 0 radical (unpaired) electrons. The SMILES string of the molecule is O=C(NCCc1n[nH]c(=S)n1C1CC1)[C@H]1SCCc2ccccc21. The zero-order valence-electron chi connectivity index (χ0n) is 13.3. The summed E-state index contributed by atoms with van der Waals surface area (Å²) >= 11 is 7.02. The van der Waals surface area contributed by atoms with Crippen LogP contribution < -0.4 is 5.32 Å². The third-order valence-electron chi connectivity index (χ3n) is 4.57. The maximum atomic E-state index is 12.6. The van der Waals surface area contributed by atoms with Crippen molar-refractivity contribution in [3.8, 4) is 0 Å². The van der Waals surface area contributed by atoms with Crippen molar-refractivity contribution in [2.45, 2.75) is 37.0 Å². The molecular weight excluding hydrogens is 340 g/mol. The highest BCUT2D eigenvalue weighted by Gasteiger charge is 2.28. The molecule has 0 unspecified atom stereocenters. The standard InChI is InChI=1S/C17H20N4OS2/c22-16(15-13-4-2-1-3-11(13)8-10-24-15)18-9-7-14-19-20-17(23)21(14)12-5-6-12/h1-4,12,15H,5-10H2,(H,18,22)(H,20,23)/t15-/m0/s1. The van der Waals surface area contributed by atoms with Gasteiger partial charge in [-0.05, 0) is 48.4 Å². The van der Waals surface area contributed by atoms with Crippen molar-refractivity contribution in [2.75, 3.05) is 12.3 Å². The van der Waals surface area contributed by atoms with Gasteiger partial charge in [0.2, 0.25) is 5.91 Å². The smallest absolute Gasteiger partial charge is 0.237 e. The molecule has 0 bridgehead atoms. The number of aromatic amines is 1. The summed E-state index contributed by atoms with van der Waals surface area (Å²) in [4.78, 5) is 12.6. The first-order valence-corrected chi connectivity index (χ1v) is 9.82. The molecule has 5 nitrogen and oxygen atoms in total. The normalized spacial score (nSPS) is 19.8. The number of rotatable bonds is 5. The summed E-state index contributed by atoms with van der Waals surface area (Å²) in [6.45, 7) is 0.588. The number of amides is 1. The van der Waals surface area contributed by atoms with Crippen LogP contribution in [0.5, 0.6) is 0 Å². The summed E-state index contributed by atoms with van der Waals surface area (Å²) in [5.41, 5.74) is 2.46. The summed E-state index contributed by atoms with van der Waals surface area (Å²) in [5, 5.41) is 10.2. The van der Waals surface area contributed by atoms with Gasteiger partial charge >= 0.3 is 0 Å². The molecule has 1 amide bonds. The number of thioether (sulfide) groups is 1. The summed E-state index contributed by atoms with van der Waals surface area (Å²) in [5.74, 6) is 2.04. The molecule has 0 spiro atoms. The second kappa shape index (κ2) is 6.72. The van der Waals surface area contributed by atoms with Crippen LogP contribution in [0.4, 0.5) is 0 Å². The van der Waals surface area contributed by atoms with Crippen molar-refractivity contribution >= 4 is 29.9 Å². The van der Waals surface area contributed by atoms with E-state index >= 15 is 0 Å². The predicted molar refractivity (Wildman–Crippen MR) is 97.7 cm³/mol. The van der Waals surface area contributed by atoms with Gasteiger partial charge in [-0.25, -0.2) is 0 Å². The number of nitrogens with zero attached hydrogens (tertiary/aromatic N) is 2. The quantitative estimate of drug-likeness (QED) is 0.805. The zero-order chi connectivity index (χ0) is 16.5. The van der Waals surface area contributed by atoms with Gasteiger partial charge in [0.05, 0.1) is 0 Å². The number of benzene rings is 1. The Balaban J connectivity index is 1.39. The first-order valence-electron chi connectivity index (χ1n) is 8.37. The number of fused-ring (bicyclic) bond motifs is 1. The fourth-order valence-electron chi connectivity index (χ4n) is 3.22. The molecular formula is C17H20N4OS2. The molecule has 0 saturated heterocycles. The summed E-state index contributed by atoms with van der Waals surface area (Å²) in [6, 6.07) is 8.76. The monoisotopic (exact) mass is 360 g/mol. The molecule has 2 aromatic rings. The first kappa shape index (κ1) is 15.9. The molecule has 126 valence electrons. The third kappa shape index (κ3) is 3.15. The molecule has 1 aliphatic heterocycles. The molecule has 1 fully saturated rings. The molecule has 1 saturated carbocycles. The Morgan fingerprint density at radius 3 is 3.08 bits per heavy atom. The average Bonchev–Trinajstić information content (AvgIpc) is 3.37. The van der Waals surface area contributed by atoms with Gasteiger partial charge < -0.3 is 9.88 Å². The molecule has 1 aliphatic carbocycles. The van der Waals surface area contributed by atoms with Gasteiger partial charge in [-0.15, -0.1) is 11.8 Å². The fourth-order valence-corrected chi connectivity index (χ4v) is 4.74. The van der Waals surface area contributed by atoms with E-state index in [1.54, 1.807) is 11.8 Å². The number of aromatic nitrogens is 3. The largest absolute Gasteiger partial charge is 0.354 e. The third-order valence-corrected chi connectivity index (χ3v) is 6.10. The topological polar surface area (TPSA) is 62.7 Å². The Hall–Kier alpha value is -1.60. The van der Waals surface area contributed by atoms with E-state index in [-0.39, 0.29) is 11.2 Å². The van der Waals surface area contributed by atoms with E-state index in [0.29, 0.717) is 23.8 Å². The van der Waals surface area contributed by atoms with Crippen molar-refractivity contribution in [1.82, 2.24) is 20.1 Å². The van der Waals surface area contributed by atoms with Crippen LogP contribution in [0.15, 0.2) is 24.3 Å². The Kier molecular flexibility index (Phi) is 4.45. The summed E-state index contributed by atoms with van der Waals surface area (Å²) < 4.78 is 2.79. The Morgan fingerprint density at radius 1 is 1.42 bits per heavy atom. The summed E-state index contributed by atoms with van der Waals surface area (Å²) in [7, 11) is 0. The highest BCUT2D eigenvalue weighted by Crippen LogP contribution is 2.37. The van der Waals surface area contributed by atoms with Gasteiger partial charge in [0, 0.05) is 19.0 Å². The van der Waals surface area contributed by atoms with Gasteiger partial charge in [0.25, 0.3) is 0 Å². The molecule has 2 heterocycles.